The van der Waals surface area contributed by atoms with Gasteiger partial charge in [0, 0.05) is 35.9 Å². The molecule has 2 amide bonds. The predicted molar refractivity (Wildman–Crippen MR) is 118 cm³/mol. The third kappa shape index (κ3) is 4.40. The molecular weight excluding hydrogens is 412 g/mol. The third-order valence-corrected chi connectivity index (χ3v) is 8.12. The zero-order valence-corrected chi connectivity index (χ0v) is 18.9. The topological polar surface area (TPSA) is 88.3 Å². The van der Waals surface area contributed by atoms with Gasteiger partial charge < -0.3 is 9.42 Å². The van der Waals surface area contributed by atoms with Crippen LogP contribution < -0.4 is 5.32 Å². The molecule has 0 bridgehead atoms. The molecule has 2 aliphatic carbocycles. The second-order valence-corrected chi connectivity index (χ2v) is 10.5. The Bertz CT molecular complexity index is 954. The van der Waals surface area contributed by atoms with Crippen molar-refractivity contribution in [2.45, 2.75) is 70.6 Å². The molecule has 2 fully saturated rings. The minimum Gasteiger partial charge on any atom is -0.351 e. The zero-order valence-electron chi connectivity index (χ0n) is 18.1. The Labute approximate surface area is 186 Å². The fourth-order valence-electron chi connectivity index (χ4n) is 5.17. The van der Waals surface area contributed by atoms with Crippen molar-refractivity contribution in [3.63, 3.8) is 0 Å². The summed E-state index contributed by atoms with van der Waals surface area (Å²) in [5, 5.41) is 7.69. The number of aryl methyl sites for hydroxylation is 1. The molecule has 7 nitrogen and oxygen atoms in total. The van der Waals surface area contributed by atoms with Crippen LogP contribution in [0, 0.1) is 11.8 Å². The molecule has 166 valence electrons. The maximum Gasteiger partial charge on any atom is 0.296 e. The Hall–Kier alpha value is -2.22. The molecule has 0 radical (unpaired) electrons. The summed E-state index contributed by atoms with van der Waals surface area (Å²) in [7, 11) is 0. The van der Waals surface area contributed by atoms with Crippen molar-refractivity contribution in [3.8, 4) is 0 Å². The van der Waals surface area contributed by atoms with Crippen LogP contribution in [0.5, 0.6) is 0 Å². The molecular formula is C23H30N4O3S. The summed E-state index contributed by atoms with van der Waals surface area (Å²) in [6, 6.07) is 1.75. The number of fused-ring (bicyclic) bond motifs is 1. The minimum atomic E-state index is -0.299. The Morgan fingerprint density at radius 2 is 1.94 bits per heavy atom. The molecule has 1 saturated carbocycles. The van der Waals surface area contributed by atoms with Crippen LogP contribution in [0.3, 0.4) is 0 Å². The molecule has 1 unspecified atom stereocenters. The van der Waals surface area contributed by atoms with Crippen LogP contribution in [0.4, 0.5) is 5.13 Å². The van der Waals surface area contributed by atoms with E-state index in [-0.39, 0.29) is 23.5 Å². The molecule has 2 aromatic rings. The third-order valence-electron chi connectivity index (χ3n) is 7.09. The van der Waals surface area contributed by atoms with Gasteiger partial charge in [-0.05, 0) is 50.9 Å². The van der Waals surface area contributed by atoms with E-state index in [1.807, 2.05) is 4.90 Å². The van der Waals surface area contributed by atoms with Gasteiger partial charge >= 0.3 is 0 Å². The number of hydrogen-bond donors (Lipinski definition) is 1. The van der Waals surface area contributed by atoms with Gasteiger partial charge in [-0.2, -0.15) is 0 Å². The molecule has 1 N–H and O–H groups in total. The molecule has 1 atom stereocenters. The number of nitrogens with one attached hydrogen (secondary N) is 1. The molecule has 8 heteroatoms. The summed E-state index contributed by atoms with van der Waals surface area (Å²) < 4.78 is 5.36. The fourth-order valence-corrected chi connectivity index (χ4v) is 6.33. The molecule has 0 spiro atoms. The fraction of sp³-hybridized carbons (Fsp3) is 0.652. The highest BCUT2D eigenvalue weighted by molar-refractivity contribution is 7.15. The first-order valence-corrected chi connectivity index (χ1v) is 12.4. The first kappa shape index (κ1) is 20.7. The normalized spacial score (nSPS) is 22.5. The highest BCUT2D eigenvalue weighted by atomic mass is 32.1. The monoisotopic (exact) mass is 442 g/mol. The lowest BCUT2D eigenvalue weighted by Gasteiger charge is -2.32. The summed E-state index contributed by atoms with van der Waals surface area (Å²) in [5.74, 6) is 1.39. The first-order chi connectivity index (χ1) is 15.1. The van der Waals surface area contributed by atoms with Crippen LogP contribution in [-0.2, 0) is 17.6 Å². The van der Waals surface area contributed by atoms with Crippen molar-refractivity contribution in [1.82, 2.24) is 15.0 Å². The maximum atomic E-state index is 12.6. The van der Waals surface area contributed by atoms with Gasteiger partial charge in [-0.25, -0.2) is 4.98 Å². The van der Waals surface area contributed by atoms with Crippen molar-refractivity contribution in [2.75, 3.05) is 18.4 Å². The van der Waals surface area contributed by atoms with Crippen molar-refractivity contribution in [3.05, 3.63) is 28.1 Å². The van der Waals surface area contributed by atoms with Crippen molar-refractivity contribution in [2.24, 2.45) is 11.8 Å². The lowest BCUT2D eigenvalue weighted by Crippen LogP contribution is -2.40. The zero-order chi connectivity index (χ0) is 21.4. The van der Waals surface area contributed by atoms with E-state index in [9.17, 15) is 9.59 Å². The van der Waals surface area contributed by atoms with Crippen molar-refractivity contribution in [1.29, 1.82) is 0 Å². The number of carbonyl (C=O) groups is 2. The second kappa shape index (κ2) is 8.73. The highest BCUT2D eigenvalue weighted by Crippen LogP contribution is 2.33. The van der Waals surface area contributed by atoms with Gasteiger partial charge in [0.05, 0.1) is 11.4 Å². The maximum absolute atomic E-state index is 12.6. The smallest absolute Gasteiger partial charge is 0.296 e. The lowest BCUT2D eigenvalue weighted by molar-refractivity contribution is -0.136. The number of thiazole rings is 1. The number of hydrogen-bond acceptors (Lipinski definition) is 6. The molecule has 1 saturated heterocycles. The summed E-state index contributed by atoms with van der Waals surface area (Å²) in [4.78, 5) is 33.2. The van der Waals surface area contributed by atoms with E-state index in [1.165, 1.54) is 17.7 Å². The number of piperidine rings is 1. The summed E-state index contributed by atoms with van der Waals surface area (Å²) >= 11 is 1.57. The van der Waals surface area contributed by atoms with E-state index >= 15 is 0 Å². The second-order valence-electron chi connectivity index (χ2n) is 9.39. The van der Waals surface area contributed by atoms with Crippen molar-refractivity contribution >= 4 is 28.3 Å². The van der Waals surface area contributed by atoms with Gasteiger partial charge in [-0.3, -0.25) is 14.9 Å². The first-order valence-electron chi connectivity index (χ1n) is 11.6. The van der Waals surface area contributed by atoms with Crippen LogP contribution in [0.1, 0.15) is 84.6 Å². The summed E-state index contributed by atoms with van der Waals surface area (Å²) in [5.41, 5.74) is 1.93. The number of aromatic nitrogens is 2. The van der Waals surface area contributed by atoms with Gasteiger partial charge in [0.15, 0.2) is 5.13 Å². The number of nitrogens with zero attached hydrogens (tertiary/aromatic N) is 3. The Kier molecular flexibility index (Phi) is 5.82. The Morgan fingerprint density at radius 3 is 2.71 bits per heavy atom. The predicted octanol–water partition coefficient (Wildman–Crippen LogP) is 4.40. The largest absolute Gasteiger partial charge is 0.351 e. The van der Waals surface area contributed by atoms with Crippen LogP contribution in [0.2, 0.25) is 0 Å². The van der Waals surface area contributed by atoms with E-state index in [2.05, 4.69) is 22.4 Å². The van der Waals surface area contributed by atoms with E-state index in [4.69, 9.17) is 4.52 Å². The van der Waals surface area contributed by atoms with E-state index < -0.39 is 0 Å². The lowest BCUT2D eigenvalue weighted by atomic mass is 9.92. The molecule has 31 heavy (non-hydrogen) atoms. The number of likely N-dealkylation sites (tertiary alicyclic amines) is 1. The van der Waals surface area contributed by atoms with Crippen LogP contribution in [-0.4, -0.2) is 39.9 Å². The highest BCUT2D eigenvalue weighted by Gasteiger charge is 2.31. The van der Waals surface area contributed by atoms with Gasteiger partial charge in [0.2, 0.25) is 11.7 Å². The molecule has 1 aliphatic heterocycles. The number of amides is 2. The van der Waals surface area contributed by atoms with Crippen LogP contribution in [0.25, 0.3) is 0 Å². The van der Waals surface area contributed by atoms with Crippen LogP contribution >= 0.6 is 11.3 Å². The molecule has 3 aliphatic rings. The average molecular weight is 443 g/mol. The van der Waals surface area contributed by atoms with E-state index in [0.29, 0.717) is 17.0 Å². The molecule has 2 aromatic heterocycles. The quantitative estimate of drug-likeness (QED) is 0.758. The minimum absolute atomic E-state index is 0.223. The standard InChI is InChI=1S/C23H30N4O3S/c1-14-6-7-17-20(12-14)31-23(24-17)25-21(28)19-13-18(26-30-19)15-8-10-27(11-9-15)22(29)16-4-2-3-5-16/h13-16H,2-12H2,1H3,(H,24,25,28). The SMILES string of the molecule is CC1CCc2nc(NC(=O)c3cc(C4CCN(C(=O)C5CCCC5)CC4)no3)sc2C1. The molecule has 5 rings (SSSR count). The average Bonchev–Trinajstić information content (AvgIpc) is 3.53. The van der Waals surface area contributed by atoms with Gasteiger partial charge in [0.1, 0.15) is 0 Å². The van der Waals surface area contributed by atoms with Crippen molar-refractivity contribution < 1.29 is 14.1 Å². The molecule has 3 heterocycles. The van der Waals surface area contributed by atoms with Gasteiger partial charge in [-0.15, -0.1) is 11.3 Å². The number of anilines is 1. The Balaban J connectivity index is 1.17. The van der Waals surface area contributed by atoms with Crippen LogP contribution in [0.15, 0.2) is 10.6 Å². The summed E-state index contributed by atoms with van der Waals surface area (Å²) in [6.45, 7) is 3.78. The van der Waals surface area contributed by atoms with E-state index in [0.717, 1.165) is 69.4 Å². The summed E-state index contributed by atoms with van der Waals surface area (Å²) in [6.07, 6.45) is 9.35. The van der Waals surface area contributed by atoms with E-state index in [1.54, 1.807) is 17.4 Å². The molecule has 0 aromatic carbocycles. The number of carbonyl (C=O) groups excluding carboxylic acids is 2. The number of rotatable bonds is 4. The Morgan fingerprint density at radius 1 is 1.16 bits per heavy atom. The van der Waals surface area contributed by atoms with Gasteiger partial charge in [-0.1, -0.05) is 24.9 Å². The van der Waals surface area contributed by atoms with Gasteiger partial charge in [0.25, 0.3) is 5.91 Å².